The van der Waals surface area contributed by atoms with Crippen molar-refractivity contribution in [1.29, 1.82) is 0 Å². The predicted octanol–water partition coefficient (Wildman–Crippen LogP) is 5.47. The fourth-order valence-electron chi connectivity index (χ4n) is 2.97. The first-order valence-electron chi connectivity index (χ1n) is 9.45. The van der Waals surface area contributed by atoms with Crippen LogP contribution >= 0.6 is 0 Å². The van der Waals surface area contributed by atoms with Gasteiger partial charge in [-0.3, -0.25) is 0 Å². The quantitative estimate of drug-likeness (QED) is 0.552. The van der Waals surface area contributed by atoms with Crippen molar-refractivity contribution < 1.29 is 9.90 Å². The number of aromatic carboxylic acids is 1. The summed E-state index contributed by atoms with van der Waals surface area (Å²) in [5.74, 6) is -0.979. The Hall–Kier alpha value is -2.16. The molecule has 1 N–H and O–H groups in total. The van der Waals surface area contributed by atoms with E-state index in [9.17, 15) is 4.79 Å². The molecule has 2 rings (SSSR count). The topological polar surface area (TPSA) is 50.2 Å². The molecule has 0 radical (unpaired) electrons. The third-order valence-electron chi connectivity index (χ3n) is 4.59. The summed E-state index contributed by atoms with van der Waals surface area (Å²) in [7, 11) is 0. The van der Waals surface area contributed by atoms with E-state index in [4.69, 9.17) is 5.11 Å². The minimum absolute atomic E-state index is 0.0998. The van der Waals surface area contributed by atoms with Crippen molar-refractivity contribution in [2.45, 2.75) is 64.7 Å². The number of rotatable bonds is 11. The van der Waals surface area contributed by atoms with Gasteiger partial charge >= 0.3 is 5.97 Å². The van der Waals surface area contributed by atoms with Gasteiger partial charge < -0.3 is 5.11 Å². The summed E-state index contributed by atoms with van der Waals surface area (Å²) in [4.78, 5) is 14.8. The van der Waals surface area contributed by atoms with Gasteiger partial charge in [0.15, 0.2) is 0 Å². The van der Waals surface area contributed by atoms with E-state index in [0.717, 1.165) is 18.4 Å². The van der Waals surface area contributed by atoms with E-state index in [-0.39, 0.29) is 5.69 Å². The molecule has 0 unspecified atom stereocenters. The van der Waals surface area contributed by atoms with E-state index in [0.29, 0.717) is 0 Å². The normalized spacial score (nSPS) is 10.8. The van der Waals surface area contributed by atoms with Gasteiger partial charge in [-0.15, -0.1) is 0 Å². The van der Waals surface area contributed by atoms with Crippen LogP contribution in [0.1, 0.15) is 72.6 Å². The molecule has 2 aromatic rings. The number of carbonyl (C=O) groups is 1. The zero-order valence-corrected chi connectivity index (χ0v) is 15.2. The molecule has 1 aromatic carbocycles. The fourth-order valence-corrected chi connectivity index (χ4v) is 2.97. The highest BCUT2D eigenvalue weighted by Gasteiger charge is 2.04. The number of hydrogen-bond donors (Lipinski definition) is 1. The molecule has 0 aliphatic heterocycles. The Balaban J connectivity index is 1.71. The Labute approximate surface area is 151 Å². The summed E-state index contributed by atoms with van der Waals surface area (Å²) < 4.78 is 0. The minimum Gasteiger partial charge on any atom is -0.477 e. The summed E-state index contributed by atoms with van der Waals surface area (Å²) in [6.07, 6.45) is 12.7. The van der Waals surface area contributed by atoms with Gasteiger partial charge in [-0.1, -0.05) is 69.4 Å². The summed E-state index contributed by atoms with van der Waals surface area (Å²) in [5.41, 5.74) is 3.91. The van der Waals surface area contributed by atoms with Gasteiger partial charge in [0.05, 0.1) is 0 Å². The van der Waals surface area contributed by atoms with Crippen molar-refractivity contribution in [2.75, 3.05) is 0 Å². The molecule has 0 amide bonds. The van der Waals surface area contributed by atoms with Crippen molar-refractivity contribution in [3.8, 4) is 0 Å². The lowest BCUT2D eigenvalue weighted by molar-refractivity contribution is 0.0690. The van der Waals surface area contributed by atoms with Gasteiger partial charge in [0.2, 0.25) is 0 Å². The van der Waals surface area contributed by atoms with Crippen molar-refractivity contribution >= 4 is 5.97 Å². The number of carboxylic acids is 1. The summed E-state index contributed by atoms with van der Waals surface area (Å²) >= 11 is 0. The van der Waals surface area contributed by atoms with Crippen LogP contribution in [0.5, 0.6) is 0 Å². The molecule has 0 fully saturated rings. The predicted molar refractivity (Wildman–Crippen MR) is 102 cm³/mol. The van der Waals surface area contributed by atoms with E-state index in [1.54, 1.807) is 12.3 Å². The molecule has 0 saturated carbocycles. The number of aromatic nitrogens is 1. The molecule has 134 valence electrons. The second-order valence-corrected chi connectivity index (χ2v) is 6.69. The van der Waals surface area contributed by atoms with Crippen LogP contribution in [0.4, 0.5) is 0 Å². The Morgan fingerprint density at radius 1 is 0.800 bits per heavy atom. The average molecular weight is 339 g/mol. The number of benzene rings is 1. The van der Waals surface area contributed by atoms with E-state index in [2.05, 4.69) is 36.2 Å². The van der Waals surface area contributed by atoms with Crippen LogP contribution in [-0.2, 0) is 19.3 Å². The number of hydrogen-bond acceptors (Lipinski definition) is 2. The van der Waals surface area contributed by atoms with Crippen molar-refractivity contribution in [2.24, 2.45) is 0 Å². The first-order chi connectivity index (χ1) is 12.2. The maximum Gasteiger partial charge on any atom is 0.354 e. The second-order valence-electron chi connectivity index (χ2n) is 6.69. The molecule has 1 heterocycles. The van der Waals surface area contributed by atoms with Gasteiger partial charge in [-0.25, -0.2) is 9.78 Å². The van der Waals surface area contributed by atoms with Crippen LogP contribution in [0.3, 0.4) is 0 Å². The molecule has 0 saturated heterocycles. The van der Waals surface area contributed by atoms with Gasteiger partial charge in [0.25, 0.3) is 0 Å². The van der Waals surface area contributed by atoms with Crippen molar-refractivity contribution in [1.82, 2.24) is 4.98 Å². The highest BCUT2D eigenvalue weighted by atomic mass is 16.4. The van der Waals surface area contributed by atoms with Crippen molar-refractivity contribution in [3.05, 3.63) is 65.0 Å². The molecular formula is C22H29NO2. The SMILES string of the molecule is CCCCCCCCc1ccc(CCc2ccc(C(=O)O)nc2)cc1. The molecule has 0 aliphatic carbocycles. The zero-order valence-electron chi connectivity index (χ0n) is 15.2. The molecule has 3 heteroatoms. The lowest BCUT2D eigenvalue weighted by Gasteiger charge is -2.05. The summed E-state index contributed by atoms with van der Waals surface area (Å²) in [6, 6.07) is 12.3. The molecule has 0 aliphatic rings. The van der Waals surface area contributed by atoms with Crippen LogP contribution in [0.2, 0.25) is 0 Å². The van der Waals surface area contributed by atoms with E-state index < -0.39 is 5.97 Å². The standard InChI is InChI=1S/C22H29NO2/c1-2-3-4-5-6-7-8-18-9-11-19(12-10-18)13-14-20-15-16-21(22(24)25)23-17-20/h9-12,15-17H,2-8,13-14H2,1H3,(H,24,25). The average Bonchev–Trinajstić information content (AvgIpc) is 2.64. The van der Waals surface area contributed by atoms with E-state index in [1.165, 1.54) is 56.1 Å². The van der Waals surface area contributed by atoms with Crippen LogP contribution < -0.4 is 0 Å². The van der Waals surface area contributed by atoms with Gasteiger partial charge in [-0.2, -0.15) is 0 Å². The largest absolute Gasteiger partial charge is 0.477 e. The van der Waals surface area contributed by atoms with Crippen LogP contribution in [0.25, 0.3) is 0 Å². The maximum atomic E-state index is 10.8. The molecule has 25 heavy (non-hydrogen) atoms. The highest BCUT2D eigenvalue weighted by molar-refractivity contribution is 5.85. The zero-order chi connectivity index (χ0) is 17.9. The fraction of sp³-hybridized carbons (Fsp3) is 0.455. The molecule has 1 aromatic heterocycles. The van der Waals surface area contributed by atoms with E-state index >= 15 is 0 Å². The first kappa shape index (κ1) is 19.2. The Morgan fingerprint density at radius 3 is 1.96 bits per heavy atom. The number of carboxylic acid groups (broad SMARTS) is 1. The third kappa shape index (κ3) is 7.08. The summed E-state index contributed by atoms with van der Waals surface area (Å²) in [5, 5.41) is 8.86. The Morgan fingerprint density at radius 2 is 1.36 bits per heavy atom. The maximum absolute atomic E-state index is 10.8. The number of aryl methyl sites for hydroxylation is 3. The lowest BCUT2D eigenvalue weighted by Crippen LogP contribution is -2.01. The monoisotopic (exact) mass is 339 g/mol. The minimum atomic E-state index is -0.979. The molecular weight excluding hydrogens is 310 g/mol. The summed E-state index contributed by atoms with van der Waals surface area (Å²) in [6.45, 7) is 2.25. The Bertz CT molecular complexity index is 632. The second kappa shape index (κ2) is 10.7. The van der Waals surface area contributed by atoms with Crippen LogP contribution in [0.15, 0.2) is 42.6 Å². The van der Waals surface area contributed by atoms with Gasteiger partial charge in [0.1, 0.15) is 5.69 Å². The van der Waals surface area contributed by atoms with E-state index in [1.807, 2.05) is 6.07 Å². The molecule has 0 spiro atoms. The van der Waals surface area contributed by atoms with Gasteiger partial charge in [0, 0.05) is 6.20 Å². The number of nitrogens with zero attached hydrogens (tertiary/aromatic N) is 1. The molecule has 0 atom stereocenters. The number of pyridine rings is 1. The van der Waals surface area contributed by atoms with Crippen molar-refractivity contribution in [3.63, 3.8) is 0 Å². The van der Waals surface area contributed by atoms with Crippen LogP contribution in [0, 0.1) is 0 Å². The first-order valence-corrected chi connectivity index (χ1v) is 9.45. The highest BCUT2D eigenvalue weighted by Crippen LogP contribution is 2.13. The van der Waals surface area contributed by atoms with Gasteiger partial charge in [-0.05, 0) is 48.4 Å². The lowest BCUT2D eigenvalue weighted by atomic mass is 10.0. The Kier molecular flexibility index (Phi) is 8.17. The smallest absolute Gasteiger partial charge is 0.354 e. The number of unbranched alkanes of at least 4 members (excludes halogenated alkanes) is 5. The molecule has 0 bridgehead atoms. The van der Waals surface area contributed by atoms with Crippen LogP contribution in [-0.4, -0.2) is 16.1 Å². The third-order valence-corrected chi connectivity index (χ3v) is 4.59. The molecule has 3 nitrogen and oxygen atoms in total.